The summed E-state index contributed by atoms with van der Waals surface area (Å²) in [5.74, 6) is -5.41. The van der Waals surface area contributed by atoms with Gasteiger partial charge in [-0.25, -0.2) is 9.59 Å². The van der Waals surface area contributed by atoms with Gasteiger partial charge in [0.2, 0.25) is 23.9 Å². The molecule has 0 bridgehead atoms. The molecule has 3 fully saturated rings. The monoisotopic (exact) mass is 1220 g/mol. The number of methoxy groups -OCH3 is 1. The first-order valence-corrected chi connectivity index (χ1v) is 29.1. The predicted octanol–water partition coefficient (Wildman–Crippen LogP) is 1.88. The lowest BCUT2D eigenvalue weighted by Crippen LogP contribution is -2.54. The molecule has 4 aliphatic heterocycles. The van der Waals surface area contributed by atoms with Crippen LogP contribution in [0.3, 0.4) is 0 Å². The number of amides is 5. The summed E-state index contributed by atoms with van der Waals surface area (Å²) in [6.07, 6.45) is -7.16. The summed E-state index contributed by atoms with van der Waals surface area (Å²) in [6.45, 7) is 1.55. The smallest absolute Gasteiger partial charge is 0.412 e. The molecule has 5 amide bonds. The fraction of sp³-hybridized carbons (Fsp3) is 0.533. The first kappa shape index (κ1) is 63.9. The van der Waals surface area contributed by atoms with E-state index in [4.69, 9.17) is 33.2 Å². The number of nitrogens with zero attached hydrogens (tertiary/aromatic N) is 2. The molecule has 87 heavy (non-hydrogen) atoms. The Morgan fingerprint density at radius 1 is 0.816 bits per heavy atom. The summed E-state index contributed by atoms with van der Waals surface area (Å²) in [7, 11) is 1.43. The van der Waals surface area contributed by atoms with Gasteiger partial charge in [-0.3, -0.25) is 38.6 Å². The van der Waals surface area contributed by atoms with Crippen molar-refractivity contribution in [3.63, 3.8) is 0 Å². The molecule has 3 aromatic carbocycles. The number of benzene rings is 3. The Labute approximate surface area is 499 Å². The highest BCUT2D eigenvalue weighted by Crippen LogP contribution is 2.52. The summed E-state index contributed by atoms with van der Waals surface area (Å²) in [5, 5.41) is 83.9. The summed E-state index contributed by atoms with van der Waals surface area (Å²) in [5.41, 5.74) is 1.71. The van der Waals surface area contributed by atoms with E-state index in [1.54, 1.807) is 25.1 Å². The number of carbonyl (C=O) groups excluding carboxylic acids is 7. The molecule has 11 atom stereocenters. The van der Waals surface area contributed by atoms with Crippen molar-refractivity contribution in [2.45, 2.75) is 152 Å². The maximum absolute atomic E-state index is 14.1. The summed E-state index contributed by atoms with van der Waals surface area (Å²) >= 11 is 0. The number of rotatable bonds is 25. The van der Waals surface area contributed by atoms with Gasteiger partial charge in [0.15, 0.2) is 18.2 Å². The number of nitrogens with one attached hydrogen (secondary N) is 3. The van der Waals surface area contributed by atoms with E-state index >= 15 is 0 Å². The van der Waals surface area contributed by atoms with Crippen LogP contribution in [0.2, 0.25) is 0 Å². The third-order valence-electron chi connectivity index (χ3n) is 16.5. The van der Waals surface area contributed by atoms with Gasteiger partial charge in [-0.15, -0.1) is 0 Å². The molecule has 2 aliphatic carbocycles. The molecule has 6 aliphatic rings. The number of anilines is 1. The van der Waals surface area contributed by atoms with E-state index in [1.165, 1.54) is 42.4 Å². The summed E-state index contributed by atoms with van der Waals surface area (Å²) < 4.78 is 41.1. The van der Waals surface area contributed by atoms with Crippen LogP contribution < -0.4 is 25.4 Å². The van der Waals surface area contributed by atoms with Gasteiger partial charge in [-0.2, -0.15) is 0 Å². The molecular formula is C60H73N5O22. The zero-order valence-electron chi connectivity index (χ0n) is 48.1. The summed E-state index contributed by atoms with van der Waals surface area (Å²) in [6, 6.07) is 8.88. The molecule has 470 valence electrons. The molecule has 9 rings (SSSR count). The zero-order chi connectivity index (χ0) is 62.2. The van der Waals surface area contributed by atoms with Gasteiger partial charge >= 0.3 is 12.1 Å². The number of Topliss-reactive ketones (excluding diaryl/α,β-unsaturated/α-hetero) is 1. The third-order valence-corrected chi connectivity index (χ3v) is 16.5. The quantitative estimate of drug-likeness (QED) is 0.0257. The highest BCUT2D eigenvalue weighted by Gasteiger charge is 2.45. The van der Waals surface area contributed by atoms with Gasteiger partial charge < -0.3 is 84.9 Å². The van der Waals surface area contributed by atoms with Crippen molar-refractivity contribution in [1.82, 2.24) is 20.4 Å². The van der Waals surface area contributed by atoms with E-state index < -0.39 is 109 Å². The Bertz CT molecular complexity index is 3120. The Kier molecular flexibility index (Phi) is 20.9. The number of hydrogen-bond donors (Lipinski definition) is 10. The first-order chi connectivity index (χ1) is 41.7. The van der Waals surface area contributed by atoms with Crippen molar-refractivity contribution >= 4 is 52.9 Å². The molecule has 0 aromatic heterocycles. The number of ketones is 2. The second-order valence-electron chi connectivity index (χ2n) is 22.3. The number of unbranched alkanes of at least 4 members (excludes halogenated alkanes) is 2. The van der Waals surface area contributed by atoms with E-state index in [9.17, 15) is 74.1 Å². The Morgan fingerprint density at radius 3 is 2.34 bits per heavy atom. The van der Waals surface area contributed by atoms with Gasteiger partial charge in [0, 0.05) is 86.0 Å². The van der Waals surface area contributed by atoms with Gasteiger partial charge in [0.05, 0.1) is 61.5 Å². The number of carbonyl (C=O) groups is 8. The summed E-state index contributed by atoms with van der Waals surface area (Å²) in [4.78, 5) is 105. The molecule has 0 spiro atoms. The van der Waals surface area contributed by atoms with Crippen LogP contribution in [-0.4, -0.2) is 195 Å². The van der Waals surface area contributed by atoms with Gasteiger partial charge in [-0.1, -0.05) is 24.6 Å². The van der Waals surface area contributed by atoms with Crippen LogP contribution in [0.4, 0.5) is 10.5 Å². The fourth-order valence-corrected chi connectivity index (χ4v) is 11.9. The topological polar surface area (TPSA) is 385 Å². The first-order valence-electron chi connectivity index (χ1n) is 29.1. The molecule has 0 radical (unpaired) electrons. The largest absolute Gasteiger partial charge is 0.507 e. The Hall–Kier alpha value is -7.60. The van der Waals surface area contributed by atoms with Crippen LogP contribution in [0.1, 0.15) is 121 Å². The van der Waals surface area contributed by atoms with E-state index in [1.807, 2.05) is 0 Å². The molecule has 3 aromatic rings. The molecule has 4 heterocycles. The minimum absolute atomic E-state index is 0.0141. The maximum Gasteiger partial charge on any atom is 0.412 e. The highest BCUT2D eigenvalue weighted by molar-refractivity contribution is 6.16. The highest BCUT2D eigenvalue weighted by atomic mass is 16.7. The van der Waals surface area contributed by atoms with Crippen LogP contribution in [0, 0.1) is 5.92 Å². The fourth-order valence-electron chi connectivity index (χ4n) is 11.9. The van der Waals surface area contributed by atoms with Crippen LogP contribution in [0.25, 0.3) is 0 Å². The van der Waals surface area contributed by atoms with Crippen molar-refractivity contribution in [2.75, 3.05) is 51.8 Å². The molecule has 10 N–H and O–H groups in total. The number of imide groups is 1. The van der Waals surface area contributed by atoms with Gasteiger partial charge in [-0.05, 0) is 81.3 Å². The number of hydrogen-bond acceptors (Lipinski definition) is 22. The Morgan fingerprint density at radius 2 is 1.60 bits per heavy atom. The van der Waals surface area contributed by atoms with E-state index in [2.05, 4.69) is 16.0 Å². The van der Waals surface area contributed by atoms with Gasteiger partial charge in [0.25, 0.3) is 11.8 Å². The molecule has 10 unspecified atom stereocenters. The predicted molar refractivity (Wildman–Crippen MR) is 300 cm³/mol. The average Bonchev–Trinajstić information content (AvgIpc) is 1.44. The number of carboxylic acids is 1. The second-order valence-corrected chi connectivity index (χ2v) is 22.3. The molecule has 27 nitrogen and oxygen atoms in total. The maximum atomic E-state index is 14.1. The van der Waals surface area contributed by atoms with E-state index in [-0.39, 0.29) is 141 Å². The minimum atomic E-state index is -1.82. The van der Waals surface area contributed by atoms with Gasteiger partial charge in [0.1, 0.15) is 48.5 Å². The lowest BCUT2D eigenvalue weighted by Gasteiger charge is -2.41. The minimum Gasteiger partial charge on any atom is -0.507 e. The van der Waals surface area contributed by atoms with Crippen molar-refractivity contribution in [3.05, 3.63) is 87.5 Å². The van der Waals surface area contributed by atoms with E-state index in [0.717, 1.165) is 4.90 Å². The lowest BCUT2D eigenvalue weighted by molar-refractivity contribution is -0.246. The molecule has 3 saturated heterocycles. The van der Waals surface area contributed by atoms with Crippen LogP contribution >= 0.6 is 0 Å². The molecule has 0 saturated carbocycles. The number of aliphatic carboxylic acids is 1. The second kappa shape index (κ2) is 28.5. The van der Waals surface area contributed by atoms with Crippen LogP contribution in [-0.2, 0) is 71.9 Å². The van der Waals surface area contributed by atoms with Crippen molar-refractivity contribution in [2.24, 2.45) is 5.92 Å². The average molecular weight is 1220 g/mol. The van der Waals surface area contributed by atoms with Crippen molar-refractivity contribution in [1.29, 1.82) is 0 Å². The number of aromatic hydroxyl groups is 2. The molecular weight excluding hydrogens is 1140 g/mol. The standard InChI is InChI=1S/C60H73N5O22/c1-30-53(73)37(26-48(84-30)86-42-25-33(39(68)28-66)24-34-51(42)57(77)52-35(54(34)74)23-32-8-6-9-41(81-2)50(32)56(52)76)61-17-7-11-47-65(20-21-82-47)60(80)83-29-31-12-13-40(85-49-27-38(67)55(75)58(87-49)59(78)79)36(22-31)63-44(70)16-18-62-43(69)10-4-3-5-19-64-45(71)14-15-46(64)72/h6,8-9,12-15,22,30,33,37-38,42,47-49,53,55,58,61,66-67,73-75,77H,3-5,7,10-11,16-21,23-29H2,1-2H3,(H,62,69)(H,63,70)(H,78,79)/t30?,33?,37?,38?,42?,47?,48?,49?,53?,55-,58?/m0/s1. The lowest BCUT2D eigenvalue weighted by atomic mass is 9.74. The number of carboxylic acid groups (broad SMARTS) is 1. The Balaban J connectivity index is 0.781. The molecule has 27 heteroatoms. The zero-order valence-corrected chi connectivity index (χ0v) is 48.1. The normalized spacial score (nSPS) is 25.8. The number of phenols is 2. The van der Waals surface area contributed by atoms with Crippen molar-refractivity contribution in [3.8, 4) is 23.0 Å². The number of ether oxygens (including phenoxy) is 7. The third kappa shape index (κ3) is 14.7. The van der Waals surface area contributed by atoms with E-state index in [0.29, 0.717) is 55.5 Å². The van der Waals surface area contributed by atoms with Crippen LogP contribution in [0.15, 0.2) is 48.6 Å². The number of aliphatic hydroxyl groups is 4. The number of fused-ring (bicyclic) bond motifs is 3. The SMILES string of the molecule is COc1cccc2c1C(=O)c1c(O)c3c(c(O)c1C2)CC(C(=O)CO)CC3OC1CC(NCCCC2OCCN2C(=O)OCc2ccc(OC3CC(O)[C@H](O)C(C(=O)O)O3)c(NC(=O)CCNC(=O)CCCCCN3C(=O)C=CC3=O)c2)C(O)C(C)O1. The number of phenolic OH excluding ortho intramolecular Hbond substituents is 2. The van der Waals surface area contributed by atoms with Crippen LogP contribution in [0.5, 0.6) is 23.0 Å². The number of aliphatic hydroxyl groups excluding tert-OH is 4. The van der Waals surface area contributed by atoms with Crippen molar-refractivity contribution < 1.29 is 107 Å².